The molecule has 0 atom stereocenters. The molecule has 38 heavy (non-hydrogen) atoms. The molecule has 2 amide bonds. The molecule has 10 heteroatoms. The zero-order valence-corrected chi connectivity index (χ0v) is 23.1. The van der Waals surface area contributed by atoms with E-state index in [4.69, 9.17) is 9.72 Å². The Kier molecular flexibility index (Phi) is 7.54. The first kappa shape index (κ1) is 26.4. The molecule has 0 bridgehead atoms. The molecule has 2 fully saturated rings. The normalized spacial score (nSPS) is 17.4. The minimum Gasteiger partial charge on any atom is -0.381 e. The van der Waals surface area contributed by atoms with Gasteiger partial charge in [-0.15, -0.1) is 11.3 Å². The molecule has 0 aliphatic carbocycles. The fraction of sp³-hybridized carbons (Fsp3) is 0.500. The Bertz CT molecular complexity index is 1280. The highest BCUT2D eigenvalue weighted by molar-refractivity contribution is 7.14. The van der Waals surface area contributed by atoms with Crippen LogP contribution in [0.2, 0.25) is 0 Å². The minimum absolute atomic E-state index is 0.117. The summed E-state index contributed by atoms with van der Waals surface area (Å²) in [5.41, 5.74) is 2.23. The van der Waals surface area contributed by atoms with Crippen molar-refractivity contribution in [3.63, 3.8) is 0 Å². The standard InChI is InChI=1S/C28H36N6O3S/c1-27(2,3)34-13-8-20(17-34)25(36)29-16-24(35)32-26-31-22(18-38-26)21-6-4-7-23(30-21)33-12-5-9-28(19-33)10-14-37-15-11-28/h4,6-8,13,17-18H,5,9-12,14-16,19H2,1-3H3,(H,29,36)(H,31,32,35). The van der Waals surface area contributed by atoms with Crippen LogP contribution in [0.15, 0.2) is 42.0 Å². The third-order valence-corrected chi connectivity index (χ3v) is 8.18. The number of carbonyl (C=O) groups is 2. The van der Waals surface area contributed by atoms with Gasteiger partial charge in [0.05, 0.1) is 17.8 Å². The molecule has 5 heterocycles. The Morgan fingerprint density at radius 3 is 2.68 bits per heavy atom. The Hall–Kier alpha value is -3.24. The molecule has 2 N–H and O–H groups in total. The van der Waals surface area contributed by atoms with Crippen LogP contribution in [0.1, 0.15) is 56.8 Å². The van der Waals surface area contributed by atoms with Gasteiger partial charge >= 0.3 is 0 Å². The van der Waals surface area contributed by atoms with Gasteiger partial charge in [-0.05, 0) is 70.1 Å². The van der Waals surface area contributed by atoms with E-state index in [0.29, 0.717) is 16.1 Å². The zero-order valence-electron chi connectivity index (χ0n) is 22.3. The molecule has 9 nitrogen and oxygen atoms in total. The number of hydrogen-bond donors (Lipinski definition) is 2. The Labute approximate surface area is 227 Å². The van der Waals surface area contributed by atoms with Crippen LogP contribution < -0.4 is 15.5 Å². The fourth-order valence-corrected chi connectivity index (χ4v) is 5.90. The number of nitrogens with one attached hydrogen (secondary N) is 2. The lowest BCUT2D eigenvalue weighted by molar-refractivity contribution is -0.115. The summed E-state index contributed by atoms with van der Waals surface area (Å²) in [5.74, 6) is 0.352. The van der Waals surface area contributed by atoms with E-state index in [0.717, 1.165) is 62.8 Å². The highest BCUT2D eigenvalue weighted by Crippen LogP contribution is 2.40. The lowest BCUT2D eigenvalue weighted by Crippen LogP contribution is -2.46. The van der Waals surface area contributed by atoms with E-state index in [-0.39, 0.29) is 23.9 Å². The second-order valence-electron chi connectivity index (χ2n) is 11.3. The van der Waals surface area contributed by atoms with Crippen LogP contribution in [0.25, 0.3) is 11.4 Å². The molecule has 0 saturated carbocycles. The van der Waals surface area contributed by atoms with Crippen molar-refractivity contribution in [2.45, 2.75) is 52.0 Å². The highest BCUT2D eigenvalue weighted by atomic mass is 32.1. The molecule has 202 valence electrons. The van der Waals surface area contributed by atoms with Gasteiger partial charge in [0.15, 0.2) is 5.13 Å². The smallest absolute Gasteiger partial charge is 0.253 e. The molecule has 5 rings (SSSR count). The van der Waals surface area contributed by atoms with Crippen LogP contribution in [0.4, 0.5) is 10.9 Å². The second-order valence-corrected chi connectivity index (χ2v) is 12.1. The van der Waals surface area contributed by atoms with E-state index in [9.17, 15) is 9.59 Å². The van der Waals surface area contributed by atoms with Crippen LogP contribution in [-0.4, -0.2) is 59.2 Å². The number of hydrogen-bond acceptors (Lipinski definition) is 7. The molecule has 2 saturated heterocycles. The van der Waals surface area contributed by atoms with Gasteiger partial charge in [-0.2, -0.15) is 0 Å². The van der Waals surface area contributed by atoms with E-state index in [1.54, 1.807) is 12.3 Å². The van der Waals surface area contributed by atoms with E-state index >= 15 is 0 Å². The van der Waals surface area contributed by atoms with Crippen molar-refractivity contribution in [3.8, 4) is 11.4 Å². The summed E-state index contributed by atoms with van der Waals surface area (Å²) in [5, 5.41) is 7.83. The maximum absolute atomic E-state index is 12.5. The number of thiazole rings is 1. The van der Waals surface area contributed by atoms with Crippen molar-refractivity contribution in [3.05, 3.63) is 47.6 Å². The van der Waals surface area contributed by atoms with Crippen molar-refractivity contribution in [1.82, 2.24) is 19.9 Å². The summed E-state index contributed by atoms with van der Waals surface area (Å²) in [6.45, 7) is 9.77. The Morgan fingerprint density at radius 2 is 1.92 bits per heavy atom. The number of carbonyl (C=O) groups excluding carboxylic acids is 2. The lowest BCUT2D eigenvalue weighted by Gasteiger charge is -2.45. The van der Waals surface area contributed by atoms with E-state index < -0.39 is 0 Å². The number of anilines is 2. The van der Waals surface area contributed by atoms with Gasteiger partial charge in [-0.3, -0.25) is 9.59 Å². The van der Waals surface area contributed by atoms with E-state index in [2.05, 4.69) is 47.4 Å². The van der Waals surface area contributed by atoms with Gasteiger partial charge in [0.1, 0.15) is 11.5 Å². The molecule has 0 aromatic carbocycles. The number of amides is 2. The van der Waals surface area contributed by atoms with Crippen LogP contribution >= 0.6 is 11.3 Å². The van der Waals surface area contributed by atoms with Gasteiger partial charge in [0.25, 0.3) is 5.91 Å². The van der Waals surface area contributed by atoms with Gasteiger partial charge in [-0.1, -0.05) is 6.07 Å². The Balaban J connectivity index is 1.17. The molecular weight excluding hydrogens is 500 g/mol. The number of piperidine rings is 1. The molecule has 2 aliphatic heterocycles. The largest absolute Gasteiger partial charge is 0.381 e. The van der Waals surface area contributed by atoms with Crippen LogP contribution in [0.3, 0.4) is 0 Å². The predicted molar refractivity (Wildman–Crippen MR) is 150 cm³/mol. The van der Waals surface area contributed by atoms with Crippen molar-refractivity contribution in [1.29, 1.82) is 0 Å². The fourth-order valence-electron chi connectivity index (χ4n) is 5.18. The quantitative estimate of drug-likeness (QED) is 0.480. The molecule has 3 aromatic rings. The number of nitrogens with zero attached hydrogens (tertiary/aromatic N) is 4. The summed E-state index contributed by atoms with van der Waals surface area (Å²) in [6, 6.07) is 7.78. The van der Waals surface area contributed by atoms with Crippen LogP contribution in [-0.2, 0) is 15.1 Å². The maximum Gasteiger partial charge on any atom is 0.253 e. The molecule has 2 aliphatic rings. The highest BCUT2D eigenvalue weighted by Gasteiger charge is 2.37. The first-order valence-corrected chi connectivity index (χ1v) is 14.1. The number of pyridine rings is 1. The summed E-state index contributed by atoms with van der Waals surface area (Å²) in [7, 11) is 0. The van der Waals surface area contributed by atoms with Crippen molar-refractivity contribution in [2.75, 3.05) is 43.1 Å². The monoisotopic (exact) mass is 536 g/mol. The van der Waals surface area contributed by atoms with Gasteiger partial charge in [-0.25, -0.2) is 9.97 Å². The summed E-state index contributed by atoms with van der Waals surface area (Å²) in [4.78, 5) is 36.8. The maximum atomic E-state index is 12.5. The minimum atomic E-state index is -0.328. The van der Waals surface area contributed by atoms with Gasteiger partial charge in [0, 0.05) is 49.6 Å². The zero-order chi connectivity index (χ0) is 26.8. The van der Waals surface area contributed by atoms with Crippen molar-refractivity contribution in [2.24, 2.45) is 5.41 Å². The Morgan fingerprint density at radius 1 is 1.11 bits per heavy atom. The average Bonchev–Trinajstić information content (AvgIpc) is 3.58. The SMILES string of the molecule is CC(C)(C)n1ccc(C(=O)NCC(=O)Nc2nc(-c3cccc(N4CCCC5(CCOCC5)C4)n3)cs2)c1. The van der Waals surface area contributed by atoms with Crippen molar-refractivity contribution >= 4 is 34.1 Å². The second kappa shape index (κ2) is 10.9. The summed E-state index contributed by atoms with van der Waals surface area (Å²) < 4.78 is 7.58. The topological polar surface area (TPSA) is 101 Å². The van der Waals surface area contributed by atoms with Crippen molar-refractivity contribution < 1.29 is 14.3 Å². The number of aromatic nitrogens is 3. The molecular formula is C28H36N6O3S. The number of ether oxygens (including phenoxy) is 1. The van der Waals surface area contributed by atoms with E-state index in [1.807, 2.05) is 28.3 Å². The predicted octanol–water partition coefficient (Wildman–Crippen LogP) is 4.53. The van der Waals surface area contributed by atoms with Gasteiger partial charge < -0.3 is 24.8 Å². The van der Waals surface area contributed by atoms with E-state index in [1.165, 1.54) is 17.8 Å². The molecule has 0 radical (unpaired) electrons. The summed E-state index contributed by atoms with van der Waals surface area (Å²) in [6.07, 6.45) is 8.30. The average molecular weight is 537 g/mol. The molecule has 3 aromatic heterocycles. The third kappa shape index (κ3) is 6.07. The summed E-state index contributed by atoms with van der Waals surface area (Å²) >= 11 is 1.34. The number of rotatable bonds is 6. The first-order valence-electron chi connectivity index (χ1n) is 13.2. The van der Waals surface area contributed by atoms with Gasteiger partial charge in [0.2, 0.25) is 5.91 Å². The van der Waals surface area contributed by atoms with Crippen LogP contribution in [0.5, 0.6) is 0 Å². The molecule has 1 spiro atoms. The molecule has 0 unspecified atom stereocenters. The third-order valence-electron chi connectivity index (χ3n) is 7.43. The lowest BCUT2D eigenvalue weighted by atomic mass is 9.74. The first-order chi connectivity index (χ1) is 18.2. The van der Waals surface area contributed by atoms with Crippen LogP contribution in [0, 0.1) is 5.41 Å².